The number of hydrogen-bond acceptors (Lipinski definition) is 2. The fraction of sp³-hybridized carbons (Fsp3) is 0.750. The van der Waals surface area contributed by atoms with E-state index in [1.807, 2.05) is 20.8 Å². The van der Waals surface area contributed by atoms with Crippen molar-refractivity contribution in [1.29, 1.82) is 5.41 Å². The van der Waals surface area contributed by atoms with Crippen molar-refractivity contribution in [2.75, 3.05) is 6.54 Å². The molecule has 4 nitrogen and oxygen atoms in total. The third-order valence-electron chi connectivity index (χ3n) is 2.62. The van der Waals surface area contributed by atoms with Crippen LogP contribution in [0.1, 0.15) is 27.2 Å². The molecule has 0 aromatic rings. The Labute approximate surface area is 72.4 Å². The number of amidine groups is 1. The molecule has 1 atom stereocenters. The van der Waals surface area contributed by atoms with E-state index in [0.29, 0.717) is 12.4 Å². The zero-order valence-corrected chi connectivity index (χ0v) is 7.77. The van der Waals surface area contributed by atoms with Gasteiger partial charge in [0.25, 0.3) is 0 Å². The van der Waals surface area contributed by atoms with E-state index in [-0.39, 0.29) is 6.03 Å². The van der Waals surface area contributed by atoms with Gasteiger partial charge in [0.2, 0.25) is 0 Å². The second-order valence-corrected chi connectivity index (χ2v) is 3.18. The van der Waals surface area contributed by atoms with Crippen LogP contribution in [0.2, 0.25) is 0 Å². The molecule has 0 aromatic heterocycles. The van der Waals surface area contributed by atoms with E-state index in [1.54, 1.807) is 4.90 Å². The maximum atomic E-state index is 11.3. The first-order valence-corrected chi connectivity index (χ1v) is 4.24. The lowest BCUT2D eigenvalue weighted by molar-refractivity contribution is 0.182. The van der Waals surface area contributed by atoms with Gasteiger partial charge in [0.15, 0.2) is 0 Å². The average Bonchev–Trinajstić information content (AvgIpc) is 2.24. The summed E-state index contributed by atoms with van der Waals surface area (Å²) >= 11 is 0. The van der Waals surface area contributed by atoms with E-state index >= 15 is 0 Å². The van der Waals surface area contributed by atoms with Crippen molar-refractivity contribution in [3.05, 3.63) is 0 Å². The minimum atomic E-state index is -0.411. The first-order valence-electron chi connectivity index (χ1n) is 4.24. The monoisotopic (exact) mass is 169 g/mol. The smallest absolute Gasteiger partial charge is 0.312 e. The van der Waals surface area contributed by atoms with Crippen LogP contribution in [0.4, 0.5) is 4.79 Å². The predicted octanol–water partition coefficient (Wildman–Crippen LogP) is 1.18. The maximum Gasteiger partial charge on any atom is 0.323 e. The largest absolute Gasteiger partial charge is 0.323 e. The summed E-state index contributed by atoms with van der Waals surface area (Å²) < 4.78 is 0. The van der Waals surface area contributed by atoms with Gasteiger partial charge < -0.3 is 4.90 Å². The van der Waals surface area contributed by atoms with Gasteiger partial charge in [-0.05, 0) is 20.3 Å². The minimum Gasteiger partial charge on any atom is -0.312 e. The van der Waals surface area contributed by atoms with Crippen LogP contribution in [-0.2, 0) is 0 Å². The average molecular weight is 169 g/mol. The minimum absolute atomic E-state index is 0.146. The Morgan fingerprint density at radius 3 is 2.50 bits per heavy atom. The molecule has 1 rings (SSSR count). The number of nitrogens with one attached hydrogen (secondary N) is 2. The number of urea groups is 1. The molecule has 0 saturated carbocycles. The molecule has 0 aliphatic carbocycles. The normalized spacial score (nSPS) is 29.4. The van der Waals surface area contributed by atoms with Gasteiger partial charge in [0.1, 0.15) is 5.84 Å². The number of hydrogen-bond donors (Lipinski definition) is 2. The van der Waals surface area contributed by atoms with Crippen molar-refractivity contribution in [2.45, 2.75) is 32.7 Å². The van der Waals surface area contributed by atoms with Gasteiger partial charge in [-0.3, -0.25) is 10.7 Å². The predicted molar refractivity (Wildman–Crippen MR) is 47.3 cm³/mol. The molecule has 1 fully saturated rings. The standard InChI is InChI=1S/C8H15N3O/c1-4-8(3)6(9)10-7(12)11(8)5-2/h4-5H2,1-3H3,(H2,9,10,12). The van der Waals surface area contributed by atoms with Crippen molar-refractivity contribution in [2.24, 2.45) is 0 Å². The zero-order valence-electron chi connectivity index (χ0n) is 7.77. The van der Waals surface area contributed by atoms with Gasteiger partial charge in [0.05, 0.1) is 5.54 Å². The summed E-state index contributed by atoms with van der Waals surface area (Å²) in [7, 11) is 0. The van der Waals surface area contributed by atoms with Crippen LogP contribution in [0.25, 0.3) is 0 Å². The number of rotatable bonds is 2. The molecule has 1 unspecified atom stereocenters. The van der Waals surface area contributed by atoms with Gasteiger partial charge in [0, 0.05) is 6.54 Å². The summed E-state index contributed by atoms with van der Waals surface area (Å²) in [6.07, 6.45) is 0.776. The fourth-order valence-electron chi connectivity index (χ4n) is 1.53. The van der Waals surface area contributed by atoms with Crippen LogP contribution >= 0.6 is 0 Å². The number of likely N-dealkylation sites (N-methyl/N-ethyl adjacent to an activating group) is 1. The number of nitrogens with zero attached hydrogens (tertiary/aromatic N) is 1. The lowest BCUT2D eigenvalue weighted by Crippen LogP contribution is -2.46. The van der Waals surface area contributed by atoms with Crippen LogP contribution in [0, 0.1) is 5.41 Å². The van der Waals surface area contributed by atoms with E-state index in [9.17, 15) is 4.79 Å². The van der Waals surface area contributed by atoms with Crippen LogP contribution in [0.5, 0.6) is 0 Å². The highest BCUT2D eigenvalue weighted by molar-refractivity contribution is 6.08. The van der Waals surface area contributed by atoms with E-state index in [4.69, 9.17) is 5.41 Å². The summed E-state index contributed by atoms with van der Waals surface area (Å²) in [5.41, 5.74) is -0.411. The first kappa shape index (κ1) is 9.03. The highest BCUT2D eigenvalue weighted by Gasteiger charge is 2.43. The Hall–Kier alpha value is -1.06. The molecule has 0 aromatic carbocycles. The maximum absolute atomic E-state index is 11.3. The zero-order chi connectivity index (χ0) is 9.35. The quantitative estimate of drug-likeness (QED) is 0.640. The summed E-state index contributed by atoms with van der Waals surface area (Å²) in [4.78, 5) is 13.0. The third-order valence-corrected chi connectivity index (χ3v) is 2.62. The Balaban J connectivity index is 2.97. The van der Waals surface area contributed by atoms with E-state index < -0.39 is 5.54 Å². The van der Waals surface area contributed by atoms with Crippen molar-refractivity contribution in [3.8, 4) is 0 Å². The van der Waals surface area contributed by atoms with Crippen molar-refractivity contribution >= 4 is 11.9 Å². The molecule has 2 N–H and O–H groups in total. The van der Waals surface area contributed by atoms with Gasteiger partial charge in [-0.2, -0.15) is 0 Å². The molecule has 1 saturated heterocycles. The molecular weight excluding hydrogens is 154 g/mol. The summed E-state index contributed by atoms with van der Waals surface area (Å²) in [6, 6.07) is -0.146. The van der Waals surface area contributed by atoms with Crippen molar-refractivity contribution in [1.82, 2.24) is 10.2 Å². The molecule has 12 heavy (non-hydrogen) atoms. The van der Waals surface area contributed by atoms with E-state index in [2.05, 4.69) is 5.32 Å². The van der Waals surface area contributed by atoms with Crippen molar-refractivity contribution < 1.29 is 4.79 Å². The summed E-state index contributed by atoms with van der Waals surface area (Å²) in [6.45, 7) is 6.47. The third kappa shape index (κ3) is 0.983. The number of amides is 2. The summed E-state index contributed by atoms with van der Waals surface area (Å²) in [5, 5.41) is 10.1. The Kier molecular flexibility index (Phi) is 2.08. The van der Waals surface area contributed by atoms with Gasteiger partial charge in [-0.25, -0.2) is 4.79 Å². The molecule has 1 heterocycles. The molecule has 0 spiro atoms. The molecule has 0 radical (unpaired) electrons. The lowest BCUT2D eigenvalue weighted by atomic mass is 9.97. The van der Waals surface area contributed by atoms with Crippen LogP contribution in [0.15, 0.2) is 0 Å². The number of carbonyl (C=O) groups excluding carboxylic acids is 1. The highest BCUT2D eigenvalue weighted by Crippen LogP contribution is 2.24. The van der Waals surface area contributed by atoms with Gasteiger partial charge in [-0.1, -0.05) is 6.92 Å². The highest BCUT2D eigenvalue weighted by atomic mass is 16.2. The molecule has 0 bridgehead atoms. The Morgan fingerprint density at radius 2 is 2.17 bits per heavy atom. The fourth-order valence-corrected chi connectivity index (χ4v) is 1.53. The molecule has 68 valence electrons. The molecular formula is C8H15N3O. The lowest BCUT2D eigenvalue weighted by Gasteiger charge is -2.30. The van der Waals surface area contributed by atoms with Crippen molar-refractivity contribution in [3.63, 3.8) is 0 Å². The molecule has 1 aliphatic rings. The van der Waals surface area contributed by atoms with Gasteiger partial charge in [-0.15, -0.1) is 0 Å². The first-order chi connectivity index (χ1) is 5.56. The summed E-state index contributed by atoms with van der Waals surface area (Å²) in [5.74, 6) is 0.317. The second-order valence-electron chi connectivity index (χ2n) is 3.18. The number of carbonyl (C=O) groups is 1. The van der Waals surface area contributed by atoms with Gasteiger partial charge >= 0.3 is 6.03 Å². The van der Waals surface area contributed by atoms with Crippen LogP contribution in [-0.4, -0.2) is 28.9 Å². The van der Waals surface area contributed by atoms with Crippen LogP contribution < -0.4 is 5.32 Å². The second kappa shape index (κ2) is 2.77. The van der Waals surface area contributed by atoms with E-state index in [1.165, 1.54) is 0 Å². The molecule has 1 aliphatic heterocycles. The van der Waals surface area contributed by atoms with E-state index in [0.717, 1.165) is 6.42 Å². The van der Waals surface area contributed by atoms with Crippen LogP contribution in [0.3, 0.4) is 0 Å². The molecule has 4 heteroatoms. The topological polar surface area (TPSA) is 56.2 Å². The Bertz CT molecular complexity index is 226. The molecule has 2 amide bonds. The Morgan fingerprint density at radius 1 is 1.58 bits per heavy atom. The SMILES string of the molecule is CCN1C(=O)NC(=N)C1(C)CC.